The highest BCUT2D eigenvalue weighted by atomic mass is 35.5. The lowest BCUT2D eigenvalue weighted by molar-refractivity contribution is -0.136. The van der Waals surface area contributed by atoms with Crippen molar-refractivity contribution < 1.29 is 9.59 Å². The van der Waals surface area contributed by atoms with Gasteiger partial charge < -0.3 is 16.4 Å². The molecular formula is C16H32ClN3O2. The average Bonchev–Trinajstić information content (AvgIpc) is 2.47. The fourth-order valence-corrected chi connectivity index (χ4v) is 2.70. The molecule has 0 heterocycles. The van der Waals surface area contributed by atoms with Gasteiger partial charge in [-0.1, -0.05) is 39.5 Å². The molecule has 1 fully saturated rings. The first-order chi connectivity index (χ1) is 9.93. The summed E-state index contributed by atoms with van der Waals surface area (Å²) in [5.74, 6) is -0.425. The molecule has 1 aliphatic carbocycles. The van der Waals surface area contributed by atoms with Crippen LogP contribution in [0.1, 0.15) is 65.7 Å². The molecule has 0 saturated heterocycles. The molecule has 130 valence electrons. The van der Waals surface area contributed by atoms with Crippen LogP contribution in [0.5, 0.6) is 0 Å². The van der Waals surface area contributed by atoms with E-state index >= 15 is 0 Å². The SMILES string of the molecule is CCCCNC(=O)C1(NC(=O)C(C)C(C)N)CCCCC1.Cl. The van der Waals surface area contributed by atoms with Gasteiger partial charge in [-0.25, -0.2) is 0 Å². The molecule has 2 unspecified atom stereocenters. The molecule has 1 rings (SSSR count). The van der Waals surface area contributed by atoms with Gasteiger partial charge in [-0.2, -0.15) is 0 Å². The molecule has 0 bridgehead atoms. The van der Waals surface area contributed by atoms with E-state index in [0.29, 0.717) is 6.54 Å². The maximum Gasteiger partial charge on any atom is 0.245 e. The van der Waals surface area contributed by atoms with Crippen molar-refractivity contribution >= 4 is 24.2 Å². The third-order valence-electron chi connectivity index (χ3n) is 4.52. The van der Waals surface area contributed by atoms with Crippen LogP contribution in [0, 0.1) is 5.92 Å². The Bertz CT molecular complexity index is 355. The molecule has 22 heavy (non-hydrogen) atoms. The molecule has 0 aromatic rings. The van der Waals surface area contributed by atoms with E-state index in [9.17, 15) is 9.59 Å². The third kappa shape index (κ3) is 5.76. The van der Waals surface area contributed by atoms with Gasteiger partial charge in [-0.3, -0.25) is 9.59 Å². The van der Waals surface area contributed by atoms with Crippen molar-refractivity contribution in [1.29, 1.82) is 0 Å². The number of carbonyl (C=O) groups is 2. The summed E-state index contributed by atoms with van der Waals surface area (Å²) in [7, 11) is 0. The summed E-state index contributed by atoms with van der Waals surface area (Å²) in [5, 5.41) is 5.99. The predicted octanol–water partition coefficient (Wildman–Crippen LogP) is 2.13. The first kappa shape index (κ1) is 21.2. The van der Waals surface area contributed by atoms with Crippen molar-refractivity contribution in [2.45, 2.75) is 77.3 Å². The number of nitrogens with two attached hydrogens (primary N) is 1. The van der Waals surface area contributed by atoms with Crippen LogP contribution in [0.25, 0.3) is 0 Å². The van der Waals surface area contributed by atoms with Crippen molar-refractivity contribution in [3.05, 3.63) is 0 Å². The fraction of sp³-hybridized carbons (Fsp3) is 0.875. The molecule has 0 aromatic heterocycles. The second kappa shape index (κ2) is 10.1. The van der Waals surface area contributed by atoms with Crippen LogP contribution >= 0.6 is 12.4 Å². The summed E-state index contributed by atoms with van der Waals surface area (Å²) in [6.07, 6.45) is 6.54. The number of rotatable bonds is 7. The number of amides is 2. The normalized spacial score (nSPS) is 19.5. The molecule has 0 spiro atoms. The molecule has 0 aromatic carbocycles. The Kier molecular flexibility index (Phi) is 9.69. The van der Waals surface area contributed by atoms with Crippen LogP contribution in [-0.4, -0.2) is 29.9 Å². The zero-order valence-corrected chi connectivity index (χ0v) is 14.9. The van der Waals surface area contributed by atoms with Crippen molar-refractivity contribution in [1.82, 2.24) is 10.6 Å². The lowest BCUT2D eigenvalue weighted by atomic mass is 9.80. The lowest BCUT2D eigenvalue weighted by Crippen LogP contribution is -2.61. The Morgan fingerprint density at radius 1 is 1.18 bits per heavy atom. The zero-order valence-electron chi connectivity index (χ0n) is 14.1. The van der Waals surface area contributed by atoms with Crippen LogP contribution < -0.4 is 16.4 Å². The van der Waals surface area contributed by atoms with Crippen LogP contribution in [0.15, 0.2) is 0 Å². The summed E-state index contributed by atoms with van der Waals surface area (Å²) >= 11 is 0. The number of halogens is 1. The minimum Gasteiger partial charge on any atom is -0.354 e. The van der Waals surface area contributed by atoms with Gasteiger partial charge in [0.2, 0.25) is 11.8 Å². The monoisotopic (exact) mass is 333 g/mol. The van der Waals surface area contributed by atoms with Gasteiger partial charge in [0, 0.05) is 18.5 Å². The number of unbranched alkanes of at least 4 members (excludes halogenated alkanes) is 1. The van der Waals surface area contributed by atoms with E-state index in [1.54, 1.807) is 0 Å². The summed E-state index contributed by atoms with van der Waals surface area (Å²) in [4.78, 5) is 24.9. The highest BCUT2D eigenvalue weighted by molar-refractivity contribution is 5.92. The molecular weight excluding hydrogens is 302 g/mol. The second-order valence-electron chi connectivity index (χ2n) is 6.39. The van der Waals surface area contributed by atoms with E-state index in [-0.39, 0.29) is 36.2 Å². The van der Waals surface area contributed by atoms with Crippen LogP contribution in [-0.2, 0) is 9.59 Å². The number of hydrogen-bond donors (Lipinski definition) is 3. The molecule has 4 N–H and O–H groups in total. The van der Waals surface area contributed by atoms with Crippen LogP contribution in [0.2, 0.25) is 0 Å². The highest BCUT2D eigenvalue weighted by Crippen LogP contribution is 2.29. The summed E-state index contributed by atoms with van der Waals surface area (Å²) in [5.41, 5.74) is 5.07. The molecule has 1 aliphatic rings. The van der Waals surface area contributed by atoms with Gasteiger partial charge in [0.15, 0.2) is 0 Å². The quantitative estimate of drug-likeness (QED) is 0.624. The number of carbonyl (C=O) groups excluding carboxylic acids is 2. The second-order valence-corrected chi connectivity index (χ2v) is 6.39. The van der Waals surface area contributed by atoms with Gasteiger partial charge in [0.1, 0.15) is 5.54 Å². The van der Waals surface area contributed by atoms with Crippen LogP contribution in [0.3, 0.4) is 0 Å². The smallest absolute Gasteiger partial charge is 0.245 e. The van der Waals surface area contributed by atoms with Crippen molar-refractivity contribution in [2.24, 2.45) is 11.7 Å². The van der Waals surface area contributed by atoms with Gasteiger partial charge in [-0.15, -0.1) is 12.4 Å². The van der Waals surface area contributed by atoms with Crippen LogP contribution in [0.4, 0.5) is 0 Å². The van der Waals surface area contributed by atoms with Gasteiger partial charge in [0.25, 0.3) is 0 Å². The Balaban J connectivity index is 0.00000441. The van der Waals surface area contributed by atoms with E-state index in [2.05, 4.69) is 17.6 Å². The molecule has 0 radical (unpaired) electrons. The number of nitrogens with one attached hydrogen (secondary N) is 2. The topological polar surface area (TPSA) is 84.2 Å². The van der Waals surface area contributed by atoms with Crippen molar-refractivity contribution in [3.63, 3.8) is 0 Å². The molecule has 0 aliphatic heterocycles. The van der Waals surface area contributed by atoms with E-state index in [4.69, 9.17) is 5.73 Å². The molecule has 6 heteroatoms. The Morgan fingerprint density at radius 3 is 2.27 bits per heavy atom. The van der Waals surface area contributed by atoms with Gasteiger partial charge in [0.05, 0.1) is 0 Å². The average molecular weight is 334 g/mol. The Labute approximate surface area is 140 Å². The fourth-order valence-electron chi connectivity index (χ4n) is 2.70. The van der Waals surface area contributed by atoms with E-state index in [1.165, 1.54) is 0 Å². The minimum atomic E-state index is -0.730. The van der Waals surface area contributed by atoms with E-state index in [1.807, 2.05) is 13.8 Å². The van der Waals surface area contributed by atoms with E-state index in [0.717, 1.165) is 44.9 Å². The summed E-state index contributed by atoms with van der Waals surface area (Å²) in [6, 6.07) is -0.214. The maximum atomic E-state index is 12.6. The highest BCUT2D eigenvalue weighted by Gasteiger charge is 2.41. The number of hydrogen-bond acceptors (Lipinski definition) is 3. The third-order valence-corrected chi connectivity index (χ3v) is 4.52. The summed E-state index contributed by atoms with van der Waals surface area (Å²) in [6.45, 7) is 6.40. The largest absolute Gasteiger partial charge is 0.354 e. The first-order valence-electron chi connectivity index (χ1n) is 8.29. The molecule has 2 amide bonds. The molecule has 1 saturated carbocycles. The Hall–Kier alpha value is -0.810. The zero-order chi connectivity index (χ0) is 15.9. The van der Waals surface area contributed by atoms with Gasteiger partial charge in [-0.05, 0) is 26.2 Å². The maximum absolute atomic E-state index is 12.6. The van der Waals surface area contributed by atoms with Gasteiger partial charge >= 0.3 is 0 Å². The summed E-state index contributed by atoms with van der Waals surface area (Å²) < 4.78 is 0. The van der Waals surface area contributed by atoms with E-state index < -0.39 is 5.54 Å². The predicted molar refractivity (Wildman–Crippen MR) is 91.9 cm³/mol. The van der Waals surface area contributed by atoms with Crippen molar-refractivity contribution in [2.75, 3.05) is 6.54 Å². The van der Waals surface area contributed by atoms with Crippen molar-refractivity contribution in [3.8, 4) is 0 Å². The standard InChI is InChI=1S/C16H31N3O2.ClH/c1-4-5-11-18-15(21)16(9-7-6-8-10-16)19-14(20)12(2)13(3)17;/h12-13H,4-11,17H2,1-3H3,(H,18,21)(H,19,20);1H. The Morgan fingerprint density at radius 2 is 1.77 bits per heavy atom. The lowest BCUT2D eigenvalue weighted by Gasteiger charge is -2.37. The molecule has 2 atom stereocenters. The first-order valence-corrected chi connectivity index (χ1v) is 8.29. The minimum absolute atomic E-state index is 0. The molecule has 5 nitrogen and oxygen atoms in total.